The third-order valence-electron chi connectivity index (χ3n) is 5.00. The number of anilines is 1. The van der Waals surface area contributed by atoms with E-state index in [9.17, 15) is 13.2 Å². The molecule has 0 unspecified atom stereocenters. The maximum Gasteiger partial charge on any atom is 0.338 e. The van der Waals surface area contributed by atoms with Gasteiger partial charge in [0.1, 0.15) is 11.8 Å². The lowest BCUT2D eigenvalue weighted by molar-refractivity contribution is 0.0496. The Bertz CT molecular complexity index is 1150. The van der Waals surface area contributed by atoms with Gasteiger partial charge in [0.05, 0.1) is 23.4 Å². The molecule has 11 heteroatoms. The highest BCUT2D eigenvalue weighted by Gasteiger charge is 2.27. The van der Waals surface area contributed by atoms with Crippen LogP contribution in [0.5, 0.6) is 0 Å². The molecule has 30 heavy (non-hydrogen) atoms. The van der Waals surface area contributed by atoms with Crippen molar-refractivity contribution in [1.82, 2.24) is 23.8 Å². The van der Waals surface area contributed by atoms with Crippen LogP contribution in [0.25, 0.3) is 11.2 Å². The average molecular weight is 430 g/mol. The number of hydrogen-bond donors (Lipinski definition) is 1. The molecule has 1 aromatic carbocycles. The zero-order valence-electron chi connectivity index (χ0n) is 16.3. The zero-order valence-corrected chi connectivity index (χ0v) is 17.1. The summed E-state index contributed by atoms with van der Waals surface area (Å²) in [5.74, 6) is -0.178. The van der Waals surface area contributed by atoms with Crippen LogP contribution in [0.1, 0.15) is 29.6 Å². The molecule has 0 aliphatic carbocycles. The van der Waals surface area contributed by atoms with Crippen molar-refractivity contribution in [1.29, 1.82) is 0 Å². The molecule has 0 radical (unpaired) electrons. The summed E-state index contributed by atoms with van der Waals surface area (Å²) in [6.45, 7) is 1.83. The highest BCUT2D eigenvalue weighted by Crippen LogP contribution is 2.21. The fourth-order valence-electron chi connectivity index (χ4n) is 3.39. The molecule has 0 bridgehead atoms. The SMILES string of the molecule is Nc1ncnc2c1ncn2CCCOC(=O)c1ccc(S(=O)(=O)N2CCCC2)cc1. The molecule has 10 nitrogen and oxygen atoms in total. The first-order valence-electron chi connectivity index (χ1n) is 9.65. The van der Waals surface area contributed by atoms with Crippen LogP contribution in [-0.4, -0.2) is 57.9 Å². The largest absolute Gasteiger partial charge is 0.462 e. The number of nitrogen functional groups attached to an aromatic ring is 1. The van der Waals surface area contributed by atoms with Gasteiger partial charge in [-0.25, -0.2) is 28.2 Å². The Morgan fingerprint density at radius 3 is 2.57 bits per heavy atom. The molecule has 0 amide bonds. The second-order valence-corrected chi connectivity index (χ2v) is 8.93. The molecule has 1 saturated heterocycles. The first kappa shape index (κ1) is 20.2. The van der Waals surface area contributed by atoms with Crippen molar-refractivity contribution >= 4 is 33.0 Å². The van der Waals surface area contributed by atoms with Crippen molar-refractivity contribution in [3.05, 3.63) is 42.5 Å². The molecule has 2 aromatic heterocycles. The van der Waals surface area contributed by atoms with E-state index in [-0.39, 0.29) is 11.5 Å². The van der Waals surface area contributed by atoms with E-state index in [4.69, 9.17) is 10.5 Å². The molecule has 2 N–H and O–H groups in total. The van der Waals surface area contributed by atoms with E-state index in [2.05, 4.69) is 15.0 Å². The van der Waals surface area contributed by atoms with Crippen LogP contribution in [0.4, 0.5) is 5.82 Å². The van der Waals surface area contributed by atoms with Crippen LogP contribution in [0, 0.1) is 0 Å². The average Bonchev–Trinajstić information content (AvgIpc) is 3.43. The Kier molecular flexibility index (Phi) is 5.64. The predicted molar refractivity (Wildman–Crippen MR) is 109 cm³/mol. The maximum atomic E-state index is 12.5. The molecule has 3 aromatic rings. The number of benzene rings is 1. The van der Waals surface area contributed by atoms with E-state index in [1.54, 1.807) is 6.33 Å². The quantitative estimate of drug-likeness (QED) is 0.440. The maximum absolute atomic E-state index is 12.5. The molecule has 3 heterocycles. The van der Waals surface area contributed by atoms with Crippen molar-refractivity contribution < 1.29 is 17.9 Å². The smallest absolute Gasteiger partial charge is 0.338 e. The molecule has 1 aliphatic rings. The van der Waals surface area contributed by atoms with Crippen LogP contribution < -0.4 is 5.73 Å². The number of imidazole rings is 1. The summed E-state index contributed by atoms with van der Waals surface area (Å²) in [5.41, 5.74) is 7.24. The van der Waals surface area contributed by atoms with Crippen molar-refractivity contribution in [3.63, 3.8) is 0 Å². The summed E-state index contributed by atoms with van der Waals surface area (Å²) in [7, 11) is -3.49. The zero-order chi connectivity index (χ0) is 21.1. The summed E-state index contributed by atoms with van der Waals surface area (Å²) in [4.78, 5) is 24.7. The number of esters is 1. The van der Waals surface area contributed by atoms with Crippen molar-refractivity contribution in [2.45, 2.75) is 30.7 Å². The van der Waals surface area contributed by atoms with Crippen LogP contribution in [0.15, 0.2) is 41.8 Å². The molecular formula is C19H22N6O4S. The van der Waals surface area contributed by atoms with E-state index >= 15 is 0 Å². The second-order valence-electron chi connectivity index (χ2n) is 6.99. The van der Waals surface area contributed by atoms with Gasteiger partial charge in [0, 0.05) is 19.6 Å². The molecular weight excluding hydrogens is 408 g/mol. The predicted octanol–water partition coefficient (Wildman–Crippen LogP) is 1.44. The number of aromatic nitrogens is 4. The van der Waals surface area contributed by atoms with Crippen LogP contribution in [0.3, 0.4) is 0 Å². The fraction of sp³-hybridized carbons (Fsp3) is 0.368. The fourth-order valence-corrected chi connectivity index (χ4v) is 4.90. The normalized spacial score (nSPS) is 14.9. The minimum absolute atomic E-state index is 0.189. The minimum atomic E-state index is -3.49. The Morgan fingerprint density at radius 2 is 1.83 bits per heavy atom. The Labute approximate surface area is 173 Å². The van der Waals surface area contributed by atoms with Crippen LogP contribution in [0.2, 0.25) is 0 Å². The first-order chi connectivity index (χ1) is 14.5. The number of sulfonamides is 1. The summed E-state index contributed by atoms with van der Waals surface area (Å²) >= 11 is 0. The van der Waals surface area contributed by atoms with E-state index < -0.39 is 16.0 Å². The number of nitrogens with zero attached hydrogens (tertiary/aromatic N) is 5. The topological polar surface area (TPSA) is 133 Å². The molecule has 158 valence electrons. The van der Waals surface area contributed by atoms with Gasteiger partial charge in [0.15, 0.2) is 11.5 Å². The van der Waals surface area contributed by atoms with Gasteiger partial charge in [-0.15, -0.1) is 0 Å². The van der Waals surface area contributed by atoms with Crippen molar-refractivity contribution in [2.75, 3.05) is 25.4 Å². The van der Waals surface area contributed by atoms with Gasteiger partial charge in [-0.1, -0.05) is 0 Å². The number of hydrogen-bond acceptors (Lipinski definition) is 8. The van der Waals surface area contributed by atoms with Gasteiger partial charge < -0.3 is 15.0 Å². The standard InChI is InChI=1S/C19H22N6O4S/c20-17-16-18(22-12-21-17)24(13-23-16)8-3-11-29-19(26)14-4-6-15(7-5-14)30(27,28)25-9-1-2-10-25/h4-7,12-13H,1-3,8-11H2,(H2,20,21,22). The van der Waals surface area contributed by atoms with E-state index in [1.807, 2.05) is 4.57 Å². The lowest BCUT2D eigenvalue weighted by atomic mass is 10.2. The molecule has 1 fully saturated rings. The summed E-state index contributed by atoms with van der Waals surface area (Å²) in [6.07, 6.45) is 5.31. The Morgan fingerprint density at radius 1 is 1.10 bits per heavy atom. The highest BCUT2D eigenvalue weighted by molar-refractivity contribution is 7.89. The molecule has 0 saturated carbocycles. The Balaban J connectivity index is 1.31. The summed E-state index contributed by atoms with van der Waals surface area (Å²) < 4.78 is 33.7. The number of carbonyl (C=O) groups excluding carboxylic acids is 1. The number of ether oxygens (including phenoxy) is 1. The van der Waals surface area contributed by atoms with E-state index in [0.29, 0.717) is 48.6 Å². The minimum Gasteiger partial charge on any atom is -0.462 e. The van der Waals surface area contributed by atoms with Gasteiger partial charge in [0.2, 0.25) is 10.0 Å². The molecule has 0 atom stereocenters. The van der Waals surface area contributed by atoms with Gasteiger partial charge in [0.25, 0.3) is 0 Å². The third-order valence-corrected chi connectivity index (χ3v) is 6.91. The number of aryl methyl sites for hydroxylation is 1. The Hall–Kier alpha value is -3.05. The van der Waals surface area contributed by atoms with Crippen LogP contribution in [-0.2, 0) is 21.3 Å². The summed E-state index contributed by atoms with van der Waals surface area (Å²) in [5, 5.41) is 0. The van der Waals surface area contributed by atoms with E-state index in [0.717, 1.165) is 12.8 Å². The molecule has 1 aliphatic heterocycles. The van der Waals surface area contributed by atoms with E-state index in [1.165, 1.54) is 34.9 Å². The lowest BCUT2D eigenvalue weighted by Gasteiger charge is -2.15. The second kappa shape index (κ2) is 8.36. The first-order valence-corrected chi connectivity index (χ1v) is 11.1. The number of rotatable bonds is 7. The third kappa shape index (κ3) is 3.98. The van der Waals surface area contributed by atoms with Gasteiger partial charge in [-0.2, -0.15) is 4.31 Å². The monoisotopic (exact) mass is 430 g/mol. The van der Waals surface area contributed by atoms with Crippen molar-refractivity contribution in [2.24, 2.45) is 0 Å². The van der Waals surface area contributed by atoms with Gasteiger partial charge in [-0.05, 0) is 43.5 Å². The van der Waals surface area contributed by atoms with Gasteiger partial charge in [-0.3, -0.25) is 0 Å². The molecule has 4 rings (SSSR count). The van der Waals surface area contributed by atoms with Gasteiger partial charge >= 0.3 is 5.97 Å². The number of nitrogens with two attached hydrogens (primary N) is 1. The lowest BCUT2D eigenvalue weighted by Crippen LogP contribution is -2.27. The number of carbonyl (C=O) groups is 1. The van der Waals surface area contributed by atoms with Crippen LogP contribution >= 0.6 is 0 Å². The number of fused-ring (bicyclic) bond motifs is 1. The summed E-state index contributed by atoms with van der Waals surface area (Å²) in [6, 6.07) is 5.86. The highest BCUT2D eigenvalue weighted by atomic mass is 32.2. The molecule has 0 spiro atoms. The van der Waals surface area contributed by atoms with Crippen molar-refractivity contribution in [3.8, 4) is 0 Å².